The number of hydrogen-bond acceptors (Lipinski definition) is 8. The lowest BCUT2D eigenvalue weighted by Crippen LogP contribution is -2.38. The quantitative estimate of drug-likeness (QED) is 0.181. The molecule has 0 aliphatic heterocycles. The molecule has 0 fully saturated rings. The second kappa shape index (κ2) is 11.6. The van der Waals surface area contributed by atoms with Crippen LogP contribution in [0.5, 0.6) is 23.0 Å². The Kier molecular flexibility index (Phi) is 8.04. The Bertz CT molecular complexity index is 1210. The third-order valence-corrected chi connectivity index (χ3v) is 6.25. The molecule has 1 unspecified atom stereocenters. The van der Waals surface area contributed by atoms with Crippen molar-refractivity contribution in [1.82, 2.24) is 0 Å². The molecule has 182 valence electrons. The van der Waals surface area contributed by atoms with Gasteiger partial charge >= 0.3 is 0 Å². The van der Waals surface area contributed by atoms with Crippen LogP contribution in [0, 0.1) is 0 Å². The highest BCUT2D eigenvalue weighted by atomic mass is 32.1. The average molecular weight is 496 g/mol. The molecule has 4 rings (SSSR count). The van der Waals surface area contributed by atoms with Crippen LogP contribution in [0.15, 0.2) is 78.3 Å². The van der Waals surface area contributed by atoms with E-state index in [1.165, 1.54) is 17.5 Å². The lowest BCUT2D eigenvalue weighted by Gasteiger charge is -2.15. The van der Waals surface area contributed by atoms with Crippen molar-refractivity contribution in [1.29, 1.82) is 0 Å². The zero-order valence-electron chi connectivity index (χ0n) is 19.4. The van der Waals surface area contributed by atoms with Gasteiger partial charge in [-0.2, -0.15) is 0 Å². The molecule has 0 amide bonds. The molecule has 0 aliphatic rings. The summed E-state index contributed by atoms with van der Waals surface area (Å²) in [5, 5.41) is 12.7. The summed E-state index contributed by atoms with van der Waals surface area (Å²) >= 11 is 1.47. The van der Waals surface area contributed by atoms with E-state index in [0.717, 1.165) is 32.2 Å². The van der Waals surface area contributed by atoms with Crippen molar-refractivity contribution in [3.63, 3.8) is 0 Å². The van der Waals surface area contributed by atoms with Crippen LogP contribution >= 0.6 is 11.3 Å². The van der Waals surface area contributed by atoms with Crippen LogP contribution in [0.1, 0.15) is 27.8 Å². The Morgan fingerprint density at radius 3 is 1.91 bits per heavy atom. The van der Waals surface area contributed by atoms with Gasteiger partial charge in [0.15, 0.2) is 5.75 Å². The van der Waals surface area contributed by atoms with E-state index in [-0.39, 0.29) is 13.2 Å². The number of nitrogens with two attached hydrogens (primary N) is 1. The fourth-order valence-corrected chi connectivity index (χ4v) is 4.20. The second-order valence-electron chi connectivity index (χ2n) is 7.58. The van der Waals surface area contributed by atoms with Crippen LogP contribution < -0.4 is 29.6 Å². The van der Waals surface area contributed by atoms with Gasteiger partial charge in [0, 0.05) is 9.61 Å². The SMILES string of the molecule is COc1ccc(COc2cc(C(ON)c3cccs3)[n+](O)cc2OCc2ccc(OC)cc2)cc1. The summed E-state index contributed by atoms with van der Waals surface area (Å²) in [6.07, 6.45) is 0.765. The van der Waals surface area contributed by atoms with Gasteiger partial charge in [0.2, 0.25) is 11.9 Å². The van der Waals surface area contributed by atoms with E-state index in [4.69, 9.17) is 29.7 Å². The maximum absolute atomic E-state index is 10.7. The van der Waals surface area contributed by atoms with Crippen molar-refractivity contribution >= 4 is 11.3 Å². The number of methoxy groups -OCH3 is 2. The van der Waals surface area contributed by atoms with Gasteiger partial charge in [-0.3, -0.25) is 10.0 Å². The molecular formula is C26H27N2O6S+. The molecular weight excluding hydrogens is 468 g/mol. The summed E-state index contributed by atoms with van der Waals surface area (Å²) in [6, 6.07) is 20.6. The van der Waals surface area contributed by atoms with Gasteiger partial charge in [-0.1, -0.05) is 30.3 Å². The molecule has 0 bridgehead atoms. The lowest BCUT2D eigenvalue weighted by molar-refractivity contribution is -0.911. The number of benzene rings is 2. The summed E-state index contributed by atoms with van der Waals surface area (Å²) in [5.41, 5.74) is 2.28. The van der Waals surface area contributed by atoms with Gasteiger partial charge in [0.1, 0.15) is 24.7 Å². The van der Waals surface area contributed by atoms with Crippen LogP contribution in [0.25, 0.3) is 0 Å². The number of aromatic nitrogens is 1. The first-order valence-electron chi connectivity index (χ1n) is 10.8. The normalized spacial score (nSPS) is 11.6. The highest BCUT2D eigenvalue weighted by molar-refractivity contribution is 7.10. The molecule has 0 spiro atoms. The second-order valence-corrected chi connectivity index (χ2v) is 8.56. The monoisotopic (exact) mass is 495 g/mol. The Hall–Kier alpha value is -3.79. The molecule has 2 aromatic heterocycles. The molecule has 0 saturated heterocycles. The Balaban J connectivity index is 1.61. The lowest BCUT2D eigenvalue weighted by atomic mass is 10.2. The Morgan fingerprint density at radius 1 is 0.857 bits per heavy atom. The number of ether oxygens (including phenoxy) is 4. The minimum absolute atomic E-state index is 0.268. The minimum Gasteiger partial charge on any atom is -0.497 e. The molecule has 35 heavy (non-hydrogen) atoms. The van der Waals surface area contributed by atoms with Crippen LogP contribution in [-0.2, 0) is 18.1 Å². The van der Waals surface area contributed by atoms with Gasteiger partial charge in [0.25, 0.3) is 11.9 Å². The largest absolute Gasteiger partial charge is 0.497 e. The molecule has 3 N–H and O–H groups in total. The van der Waals surface area contributed by atoms with Crippen molar-refractivity contribution in [2.45, 2.75) is 19.3 Å². The Morgan fingerprint density at radius 2 is 1.43 bits per heavy atom. The van der Waals surface area contributed by atoms with E-state index >= 15 is 0 Å². The van der Waals surface area contributed by atoms with Gasteiger partial charge in [-0.15, -0.1) is 11.3 Å². The Labute approximate surface area is 207 Å². The summed E-state index contributed by atoms with van der Waals surface area (Å²) in [6.45, 7) is 0.550. The van der Waals surface area contributed by atoms with Crippen molar-refractivity contribution in [2.75, 3.05) is 14.2 Å². The molecule has 9 heteroatoms. The first-order valence-corrected chi connectivity index (χ1v) is 11.7. The van der Waals surface area contributed by atoms with Crippen LogP contribution in [0.3, 0.4) is 0 Å². The van der Waals surface area contributed by atoms with E-state index in [9.17, 15) is 5.21 Å². The molecule has 0 radical (unpaired) electrons. The van der Waals surface area contributed by atoms with Crippen molar-refractivity contribution in [3.8, 4) is 23.0 Å². The van der Waals surface area contributed by atoms with E-state index in [2.05, 4.69) is 0 Å². The van der Waals surface area contributed by atoms with E-state index in [1.807, 2.05) is 66.0 Å². The fourth-order valence-electron chi connectivity index (χ4n) is 3.43. The average Bonchev–Trinajstić information content (AvgIpc) is 3.43. The standard InChI is InChI=1S/C26H27N2O6S/c1-30-20-9-5-18(6-10-20)16-32-23-14-22(26(34-27)25-4-3-13-35-25)28(29)15-24(23)33-17-19-7-11-21(31-2)12-8-19/h3-15,26,29H,16-17,27H2,1-2H3/q+1. The summed E-state index contributed by atoms with van der Waals surface area (Å²) < 4.78 is 23.5. The number of pyridine rings is 1. The molecule has 2 aromatic carbocycles. The van der Waals surface area contributed by atoms with Crippen molar-refractivity contribution < 1.29 is 33.7 Å². The highest BCUT2D eigenvalue weighted by Crippen LogP contribution is 2.33. The minimum atomic E-state index is -0.682. The van der Waals surface area contributed by atoms with Crippen LogP contribution in [0.2, 0.25) is 0 Å². The van der Waals surface area contributed by atoms with Crippen LogP contribution in [-0.4, -0.2) is 19.4 Å². The molecule has 0 saturated carbocycles. The predicted molar refractivity (Wildman–Crippen MR) is 130 cm³/mol. The van der Waals surface area contributed by atoms with Crippen molar-refractivity contribution in [3.05, 3.63) is 100 Å². The number of rotatable bonds is 11. The third-order valence-electron chi connectivity index (χ3n) is 5.34. The highest BCUT2D eigenvalue weighted by Gasteiger charge is 2.30. The molecule has 4 aromatic rings. The van der Waals surface area contributed by atoms with E-state index in [0.29, 0.717) is 17.2 Å². The maximum atomic E-state index is 10.7. The first kappa shape index (κ1) is 24.3. The smallest absolute Gasteiger partial charge is 0.274 e. The zero-order chi connectivity index (χ0) is 24.6. The van der Waals surface area contributed by atoms with E-state index in [1.54, 1.807) is 20.3 Å². The summed E-state index contributed by atoms with van der Waals surface area (Å²) in [4.78, 5) is 6.04. The predicted octanol–water partition coefficient (Wildman–Crippen LogP) is 4.43. The maximum Gasteiger partial charge on any atom is 0.274 e. The molecule has 0 aliphatic carbocycles. The van der Waals surface area contributed by atoms with Gasteiger partial charge in [-0.05, 0) is 46.8 Å². The molecule has 8 nitrogen and oxygen atoms in total. The van der Waals surface area contributed by atoms with Crippen molar-refractivity contribution in [2.24, 2.45) is 5.90 Å². The van der Waals surface area contributed by atoms with Gasteiger partial charge < -0.3 is 18.9 Å². The third kappa shape index (κ3) is 6.02. The van der Waals surface area contributed by atoms with Gasteiger partial charge in [0.05, 0.1) is 20.3 Å². The van der Waals surface area contributed by atoms with E-state index < -0.39 is 6.10 Å². The molecule has 2 heterocycles. The number of nitrogens with zero attached hydrogens (tertiary/aromatic N) is 1. The number of thiophene rings is 1. The fraction of sp³-hybridized carbons (Fsp3) is 0.192. The first-order chi connectivity index (χ1) is 17.1. The molecule has 1 atom stereocenters. The number of hydrogen-bond donors (Lipinski definition) is 2. The van der Waals surface area contributed by atoms with Crippen LogP contribution in [0.4, 0.5) is 0 Å². The summed E-state index contributed by atoms with van der Waals surface area (Å²) in [5.74, 6) is 7.92. The topological polar surface area (TPSA) is 96.3 Å². The summed E-state index contributed by atoms with van der Waals surface area (Å²) in [7, 11) is 3.24. The zero-order valence-corrected chi connectivity index (χ0v) is 20.2. The van der Waals surface area contributed by atoms with Gasteiger partial charge in [-0.25, -0.2) is 5.90 Å².